The van der Waals surface area contributed by atoms with Crippen LogP contribution in [0.15, 0.2) is 47.7 Å². The van der Waals surface area contributed by atoms with Crippen molar-refractivity contribution in [2.24, 2.45) is 0 Å². The van der Waals surface area contributed by atoms with Gasteiger partial charge in [-0.25, -0.2) is 4.79 Å². The van der Waals surface area contributed by atoms with Crippen LogP contribution in [0.25, 0.3) is 0 Å². The zero-order valence-electron chi connectivity index (χ0n) is 12.6. The Kier molecular flexibility index (Phi) is 3.84. The van der Waals surface area contributed by atoms with Gasteiger partial charge in [-0.1, -0.05) is 24.3 Å². The maximum Gasteiger partial charge on any atom is 0.342 e. The second kappa shape index (κ2) is 5.96. The molecule has 0 radical (unpaired) electrons. The molecule has 7 heteroatoms. The third-order valence-corrected chi connectivity index (χ3v) is 3.49. The molecule has 7 nitrogen and oxygen atoms in total. The normalized spacial score (nSPS) is 10.8. The molecule has 0 spiro atoms. The summed E-state index contributed by atoms with van der Waals surface area (Å²) in [5.41, 5.74) is 2.35. The second-order valence-corrected chi connectivity index (χ2v) is 5.45. The number of aromatic amines is 1. The molecule has 0 unspecified atom stereocenters. The van der Waals surface area contributed by atoms with Crippen molar-refractivity contribution in [1.29, 1.82) is 0 Å². The standard InChI is InChI=1S/C16H16N4O3/c1-11-6-17-19(7-11)8-12-2-4-13(5-3-12)9-20-10-14(16(22)23)15(21)18-20/h2-7,10H,8-9H2,1H3,(H,18,21)(H,22,23). The highest BCUT2D eigenvalue weighted by atomic mass is 16.4. The minimum Gasteiger partial charge on any atom is -0.477 e. The van der Waals surface area contributed by atoms with Gasteiger partial charge in [-0.2, -0.15) is 5.10 Å². The minimum atomic E-state index is -1.23. The van der Waals surface area contributed by atoms with E-state index in [4.69, 9.17) is 5.11 Å². The lowest BCUT2D eigenvalue weighted by Gasteiger charge is -2.05. The number of benzene rings is 1. The van der Waals surface area contributed by atoms with Gasteiger partial charge in [-0.05, 0) is 23.6 Å². The third kappa shape index (κ3) is 3.39. The molecular weight excluding hydrogens is 296 g/mol. The van der Waals surface area contributed by atoms with Crippen molar-refractivity contribution >= 4 is 5.97 Å². The summed E-state index contributed by atoms with van der Waals surface area (Å²) in [5.74, 6) is -1.23. The number of hydrogen-bond donors (Lipinski definition) is 2. The Morgan fingerprint density at radius 2 is 1.83 bits per heavy atom. The number of hydrogen-bond acceptors (Lipinski definition) is 3. The van der Waals surface area contributed by atoms with E-state index in [1.807, 2.05) is 48.3 Å². The van der Waals surface area contributed by atoms with Gasteiger partial charge in [0.05, 0.1) is 19.3 Å². The van der Waals surface area contributed by atoms with Crippen LogP contribution in [0.4, 0.5) is 0 Å². The highest BCUT2D eigenvalue weighted by molar-refractivity contribution is 5.86. The lowest BCUT2D eigenvalue weighted by Crippen LogP contribution is -2.12. The Balaban J connectivity index is 1.71. The van der Waals surface area contributed by atoms with E-state index in [1.165, 1.54) is 10.9 Å². The number of rotatable bonds is 5. The molecule has 0 saturated carbocycles. The first-order valence-corrected chi connectivity index (χ1v) is 7.11. The van der Waals surface area contributed by atoms with Crippen molar-refractivity contribution in [3.63, 3.8) is 0 Å². The van der Waals surface area contributed by atoms with Gasteiger partial charge in [-0.3, -0.25) is 19.3 Å². The van der Waals surface area contributed by atoms with E-state index in [9.17, 15) is 9.59 Å². The predicted molar refractivity (Wildman–Crippen MR) is 83.6 cm³/mol. The van der Waals surface area contributed by atoms with Crippen LogP contribution in [-0.4, -0.2) is 30.6 Å². The summed E-state index contributed by atoms with van der Waals surface area (Å²) in [6.07, 6.45) is 5.10. The summed E-state index contributed by atoms with van der Waals surface area (Å²) < 4.78 is 3.34. The molecule has 3 rings (SSSR count). The van der Waals surface area contributed by atoms with Gasteiger partial charge < -0.3 is 5.11 Å². The topological polar surface area (TPSA) is 92.9 Å². The average Bonchev–Trinajstić information content (AvgIpc) is 3.07. The number of aromatic nitrogens is 4. The smallest absolute Gasteiger partial charge is 0.342 e. The van der Waals surface area contributed by atoms with E-state index < -0.39 is 11.5 Å². The molecule has 118 valence electrons. The van der Waals surface area contributed by atoms with Crippen LogP contribution in [0.1, 0.15) is 27.0 Å². The number of nitrogens with one attached hydrogen (secondary N) is 1. The van der Waals surface area contributed by atoms with Crippen molar-refractivity contribution in [3.8, 4) is 0 Å². The molecule has 0 aliphatic rings. The summed E-state index contributed by atoms with van der Waals surface area (Å²) >= 11 is 0. The Morgan fingerprint density at radius 1 is 1.17 bits per heavy atom. The van der Waals surface area contributed by atoms with Crippen LogP contribution >= 0.6 is 0 Å². The van der Waals surface area contributed by atoms with E-state index in [-0.39, 0.29) is 5.56 Å². The van der Waals surface area contributed by atoms with Crippen molar-refractivity contribution in [1.82, 2.24) is 19.6 Å². The number of H-pyrrole nitrogens is 1. The Labute approximate surface area is 131 Å². The molecule has 2 N–H and O–H groups in total. The molecule has 0 saturated heterocycles. The fourth-order valence-corrected chi connectivity index (χ4v) is 2.36. The Morgan fingerprint density at radius 3 is 2.35 bits per heavy atom. The van der Waals surface area contributed by atoms with E-state index in [0.29, 0.717) is 13.1 Å². The van der Waals surface area contributed by atoms with Crippen molar-refractivity contribution < 1.29 is 9.90 Å². The Bertz CT molecular complexity index is 887. The summed E-state index contributed by atoms with van der Waals surface area (Å²) in [6, 6.07) is 7.88. The van der Waals surface area contributed by atoms with Crippen LogP contribution in [0.2, 0.25) is 0 Å². The monoisotopic (exact) mass is 312 g/mol. The number of carboxylic acid groups (broad SMARTS) is 1. The van der Waals surface area contributed by atoms with Crippen molar-refractivity contribution in [2.75, 3.05) is 0 Å². The van der Waals surface area contributed by atoms with Gasteiger partial charge in [0, 0.05) is 12.4 Å². The molecular formula is C16H16N4O3. The molecule has 0 atom stereocenters. The maximum absolute atomic E-state index is 11.5. The molecule has 2 aromatic heterocycles. The fourth-order valence-electron chi connectivity index (χ4n) is 2.36. The summed E-state index contributed by atoms with van der Waals surface area (Å²) in [5, 5.41) is 15.6. The first-order valence-electron chi connectivity index (χ1n) is 7.11. The highest BCUT2D eigenvalue weighted by Crippen LogP contribution is 2.08. The number of aromatic carboxylic acids is 1. The average molecular weight is 312 g/mol. The number of carboxylic acids is 1. The van der Waals surface area contributed by atoms with E-state index in [2.05, 4.69) is 10.2 Å². The van der Waals surface area contributed by atoms with Gasteiger partial charge >= 0.3 is 5.97 Å². The van der Waals surface area contributed by atoms with Crippen LogP contribution in [0.3, 0.4) is 0 Å². The Hall–Kier alpha value is -3.09. The molecule has 0 aliphatic carbocycles. The number of aryl methyl sites for hydroxylation is 1. The first-order chi connectivity index (χ1) is 11.0. The number of nitrogens with zero attached hydrogens (tertiary/aromatic N) is 3. The molecule has 0 fully saturated rings. The van der Waals surface area contributed by atoms with E-state index in [0.717, 1.165) is 16.7 Å². The molecule has 23 heavy (non-hydrogen) atoms. The van der Waals surface area contributed by atoms with Crippen LogP contribution in [0, 0.1) is 6.92 Å². The van der Waals surface area contributed by atoms with Gasteiger partial charge in [0.15, 0.2) is 0 Å². The molecule has 0 aliphatic heterocycles. The van der Waals surface area contributed by atoms with Crippen LogP contribution in [-0.2, 0) is 13.1 Å². The third-order valence-electron chi connectivity index (χ3n) is 3.49. The molecule has 2 heterocycles. The van der Waals surface area contributed by atoms with Gasteiger partial charge in [0.1, 0.15) is 5.56 Å². The largest absolute Gasteiger partial charge is 0.477 e. The minimum absolute atomic E-state index is 0.254. The van der Waals surface area contributed by atoms with Crippen LogP contribution in [0.5, 0.6) is 0 Å². The zero-order valence-corrected chi connectivity index (χ0v) is 12.6. The van der Waals surface area contributed by atoms with E-state index >= 15 is 0 Å². The lowest BCUT2D eigenvalue weighted by atomic mass is 10.1. The predicted octanol–water partition coefficient (Wildman–Crippen LogP) is 1.48. The molecule has 0 amide bonds. The summed E-state index contributed by atoms with van der Waals surface area (Å²) in [7, 11) is 0. The zero-order chi connectivity index (χ0) is 16.4. The quantitative estimate of drug-likeness (QED) is 0.746. The molecule has 0 bridgehead atoms. The molecule has 1 aromatic carbocycles. The summed E-state index contributed by atoms with van der Waals surface area (Å²) in [4.78, 5) is 22.3. The van der Waals surface area contributed by atoms with Crippen LogP contribution < -0.4 is 5.56 Å². The number of carbonyl (C=O) groups is 1. The fraction of sp³-hybridized carbons (Fsp3) is 0.188. The SMILES string of the molecule is Cc1cnn(Cc2ccc(Cn3cc(C(=O)O)c(=O)[nH]3)cc2)c1. The summed E-state index contributed by atoms with van der Waals surface area (Å²) in [6.45, 7) is 3.09. The van der Waals surface area contributed by atoms with E-state index in [1.54, 1.807) is 0 Å². The van der Waals surface area contributed by atoms with Crippen molar-refractivity contribution in [2.45, 2.75) is 20.0 Å². The van der Waals surface area contributed by atoms with Crippen molar-refractivity contribution in [3.05, 3.63) is 75.5 Å². The maximum atomic E-state index is 11.5. The lowest BCUT2D eigenvalue weighted by molar-refractivity contribution is 0.0695. The first kappa shape index (κ1) is 14.8. The van der Waals surface area contributed by atoms with Gasteiger partial charge in [0.2, 0.25) is 0 Å². The second-order valence-electron chi connectivity index (χ2n) is 5.45. The molecule has 3 aromatic rings. The van der Waals surface area contributed by atoms with Gasteiger partial charge in [0.25, 0.3) is 5.56 Å². The van der Waals surface area contributed by atoms with Gasteiger partial charge in [-0.15, -0.1) is 0 Å². The highest BCUT2D eigenvalue weighted by Gasteiger charge is 2.11.